The lowest BCUT2D eigenvalue weighted by atomic mass is 9.93. The summed E-state index contributed by atoms with van der Waals surface area (Å²) in [7, 11) is 2.16. The first-order valence-corrected chi connectivity index (χ1v) is 4.60. The maximum atomic E-state index is 2.37. The van der Waals surface area contributed by atoms with Gasteiger partial charge in [0, 0.05) is 18.8 Å². The van der Waals surface area contributed by atoms with Gasteiger partial charge in [0.05, 0.1) is 0 Å². The van der Waals surface area contributed by atoms with Crippen molar-refractivity contribution in [3.8, 4) is 0 Å². The summed E-state index contributed by atoms with van der Waals surface area (Å²) in [5, 5.41) is 0. The van der Waals surface area contributed by atoms with Crippen molar-refractivity contribution in [3.05, 3.63) is 24.3 Å². The molecule has 0 saturated heterocycles. The Labute approximate surface area is 75.8 Å². The highest BCUT2D eigenvalue weighted by atomic mass is 15.1. The zero-order valence-electron chi connectivity index (χ0n) is 8.17. The van der Waals surface area contributed by atoms with Crippen LogP contribution >= 0.6 is 0 Å². The third-order valence-corrected chi connectivity index (χ3v) is 2.22. The molecule has 0 atom stereocenters. The molecule has 2 heteroatoms. The minimum absolute atomic E-state index is 1.08. The van der Waals surface area contributed by atoms with E-state index in [-0.39, 0.29) is 0 Å². The molecule has 0 bridgehead atoms. The molecule has 0 amide bonds. The minimum Gasteiger partial charge on any atom is -0.373 e. The summed E-state index contributed by atoms with van der Waals surface area (Å²) in [6.45, 7) is 6.55. The molecule has 0 radical (unpaired) electrons. The van der Waals surface area contributed by atoms with Gasteiger partial charge in [-0.15, -0.1) is 0 Å². The minimum atomic E-state index is 1.08. The van der Waals surface area contributed by atoms with Crippen molar-refractivity contribution in [2.24, 2.45) is 0 Å². The Hall–Kier alpha value is -0.915. The van der Waals surface area contributed by atoms with Crippen molar-refractivity contribution in [2.75, 3.05) is 18.0 Å². The van der Waals surface area contributed by atoms with Crippen LogP contribution in [0.1, 0.15) is 13.8 Å². The van der Waals surface area contributed by atoms with E-state index in [1.807, 2.05) is 0 Å². The Morgan fingerprint density at radius 2 is 1.75 bits per heavy atom. The first kappa shape index (κ1) is 9.18. The number of benzene rings is 1. The van der Waals surface area contributed by atoms with E-state index >= 15 is 0 Å². The largest absolute Gasteiger partial charge is 0.373 e. The Kier molecular flexibility index (Phi) is 3.21. The number of para-hydroxylation sites is 1. The van der Waals surface area contributed by atoms with E-state index in [2.05, 4.69) is 50.9 Å². The molecule has 64 valence electrons. The van der Waals surface area contributed by atoms with Crippen molar-refractivity contribution >= 4 is 19.0 Å². The first-order chi connectivity index (χ1) is 5.79. The fourth-order valence-electron chi connectivity index (χ4n) is 1.48. The molecule has 0 unspecified atom stereocenters. The van der Waals surface area contributed by atoms with E-state index in [9.17, 15) is 0 Å². The second-order valence-electron chi connectivity index (χ2n) is 2.96. The summed E-state index contributed by atoms with van der Waals surface area (Å²) in [6.07, 6.45) is 0. The van der Waals surface area contributed by atoms with Crippen molar-refractivity contribution < 1.29 is 0 Å². The normalized spacial score (nSPS) is 9.83. The Balaban J connectivity index is 2.92. The van der Waals surface area contributed by atoms with Crippen molar-refractivity contribution in [1.82, 2.24) is 0 Å². The molecule has 1 rings (SSSR count). The first-order valence-electron chi connectivity index (χ1n) is 4.60. The molecule has 0 spiro atoms. The molecule has 1 nitrogen and oxygen atoms in total. The molecule has 0 aliphatic carbocycles. The number of hydrogen-bond acceptors (Lipinski definition) is 1. The van der Waals surface area contributed by atoms with Crippen LogP contribution in [-0.4, -0.2) is 20.9 Å². The summed E-state index contributed by atoms with van der Waals surface area (Å²) >= 11 is 0. The third kappa shape index (κ3) is 1.82. The van der Waals surface area contributed by atoms with Crippen LogP contribution in [0.15, 0.2) is 24.3 Å². The van der Waals surface area contributed by atoms with Gasteiger partial charge >= 0.3 is 0 Å². The third-order valence-electron chi connectivity index (χ3n) is 2.22. The smallest absolute Gasteiger partial charge is 0.142 e. The fraction of sp³-hybridized carbons (Fsp3) is 0.400. The van der Waals surface area contributed by atoms with E-state index in [0.717, 1.165) is 13.1 Å². The summed E-state index contributed by atoms with van der Waals surface area (Å²) in [6, 6.07) is 8.53. The lowest BCUT2D eigenvalue weighted by Crippen LogP contribution is -2.27. The molecular weight excluding hydrogens is 145 g/mol. The Morgan fingerprint density at radius 1 is 1.17 bits per heavy atom. The van der Waals surface area contributed by atoms with Gasteiger partial charge in [0.2, 0.25) is 0 Å². The summed E-state index contributed by atoms with van der Waals surface area (Å²) < 4.78 is 0. The molecule has 0 aliphatic heterocycles. The highest BCUT2D eigenvalue weighted by Crippen LogP contribution is 2.08. The molecule has 0 aromatic heterocycles. The van der Waals surface area contributed by atoms with Crippen LogP contribution in [0.4, 0.5) is 5.69 Å². The molecular formula is C10H16BN. The average molecular weight is 161 g/mol. The van der Waals surface area contributed by atoms with Crippen molar-refractivity contribution in [2.45, 2.75) is 13.8 Å². The molecule has 1 aromatic rings. The standard InChI is InChI=1S/C10H16BN/c1-3-12(4-2)10-8-6-5-7-9(10)11/h5-8H,3-4,11H2,1-2H3. The van der Waals surface area contributed by atoms with E-state index < -0.39 is 0 Å². The SMILES string of the molecule is Bc1ccccc1N(CC)CC. The predicted molar refractivity (Wildman–Crippen MR) is 58.2 cm³/mol. The van der Waals surface area contributed by atoms with Crippen LogP contribution < -0.4 is 10.4 Å². The van der Waals surface area contributed by atoms with Crippen LogP contribution in [-0.2, 0) is 0 Å². The van der Waals surface area contributed by atoms with Gasteiger partial charge in [0.1, 0.15) is 7.85 Å². The zero-order valence-corrected chi connectivity index (χ0v) is 8.17. The van der Waals surface area contributed by atoms with Crippen molar-refractivity contribution in [1.29, 1.82) is 0 Å². The molecule has 12 heavy (non-hydrogen) atoms. The molecule has 0 saturated carbocycles. The number of nitrogens with zero attached hydrogens (tertiary/aromatic N) is 1. The molecule has 0 aliphatic rings. The van der Waals surface area contributed by atoms with E-state index in [1.165, 1.54) is 11.2 Å². The lowest BCUT2D eigenvalue weighted by molar-refractivity contribution is 0.869. The molecule has 0 fully saturated rings. The van der Waals surface area contributed by atoms with Gasteiger partial charge in [-0.2, -0.15) is 0 Å². The monoisotopic (exact) mass is 161 g/mol. The van der Waals surface area contributed by atoms with Crippen LogP contribution in [0.2, 0.25) is 0 Å². The predicted octanol–water partition coefficient (Wildman–Crippen LogP) is 0.791. The molecule has 0 N–H and O–H groups in total. The highest BCUT2D eigenvalue weighted by Gasteiger charge is 2.02. The summed E-state index contributed by atoms with van der Waals surface area (Å²) in [5.74, 6) is 0. The number of hydrogen-bond donors (Lipinski definition) is 0. The quantitative estimate of drug-likeness (QED) is 0.592. The van der Waals surface area contributed by atoms with Crippen molar-refractivity contribution in [3.63, 3.8) is 0 Å². The van der Waals surface area contributed by atoms with Crippen LogP contribution in [0.3, 0.4) is 0 Å². The second-order valence-corrected chi connectivity index (χ2v) is 2.96. The van der Waals surface area contributed by atoms with Gasteiger partial charge in [-0.3, -0.25) is 0 Å². The van der Waals surface area contributed by atoms with Gasteiger partial charge in [-0.05, 0) is 19.9 Å². The zero-order chi connectivity index (χ0) is 8.97. The van der Waals surface area contributed by atoms with Gasteiger partial charge < -0.3 is 4.90 Å². The number of anilines is 1. The van der Waals surface area contributed by atoms with Gasteiger partial charge in [0.15, 0.2) is 0 Å². The molecule has 0 heterocycles. The molecule has 1 aromatic carbocycles. The summed E-state index contributed by atoms with van der Waals surface area (Å²) in [4.78, 5) is 2.37. The Bertz CT molecular complexity index is 243. The Morgan fingerprint density at radius 3 is 2.25 bits per heavy atom. The van der Waals surface area contributed by atoms with Gasteiger partial charge in [-0.25, -0.2) is 0 Å². The van der Waals surface area contributed by atoms with E-state index in [4.69, 9.17) is 0 Å². The highest BCUT2D eigenvalue weighted by molar-refractivity contribution is 6.35. The van der Waals surface area contributed by atoms with E-state index in [1.54, 1.807) is 0 Å². The lowest BCUT2D eigenvalue weighted by Gasteiger charge is -2.22. The summed E-state index contributed by atoms with van der Waals surface area (Å²) in [5.41, 5.74) is 2.73. The average Bonchev–Trinajstić information content (AvgIpc) is 2.10. The van der Waals surface area contributed by atoms with Crippen LogP contribution in [0.5, 0.6) is 0 Å². The number of rotatable bonds is 3. The van der Waals surface area contributed by atoms with Gasteiger partial charge in [0.25, 0.3) is 0 Å². The van der Waals surface area contributed by atoms with E-state index in [0.29, 0.717) is 0 Å². The van der Waals surface area contributed by atoms with Crippen LogP contribution in [0.25, 0.3) is 0 Å². The topological polar surface area (TPSA) is 3.24 Å². The van der Waals surface area contributed by atoms with Gasteiger partial charge in [-0.1, -0.05) is 23.7 Å². The maximum Gasteiger partial charge on any atom is 0.142 e. The second kappa shape index (κ2) is 4.20. The fourth-order valence-corrected chi connectivity index (χ4v) is 1.48. The van der Waals surface area contributed by atoms with Crippen LogP contribution in [0, 0.1) is 0 Å². The maximum absolute atomic E-state index is 2.37.